The molecule has 0 saturated heterocycles. The SMILES string of the molecule is O=C(C[C@H]1CCCC=C1C(=O)c1cccc2ccccc12)c1cccc2ccccc12. The molecule has 0 unspecified atom stereocenters. The molecule has 0 amide bonds. The lowest BCUT2D eigenvalue weighted by atomic mass is 9.79. The van der Waals surface area contributed by atoms with Crippen molar-refractivity contribution in [2.24, 2.45) is 5.92 Å². The monoisotopic (exact) mass is 404 g/mol. The summed E-state index contributed by atoms with van der Waals surface area (Å²) in [5.41, 5.74) is 2.28. The van der Waals surface area contributed by atoms with Gasteiger partial charge in [-0.1, -0.05) is 91.0 Å². The molecule has 4 aromatic rings. The summed E-state index contributed by atoms with van der Waals surface area (Å²) in [4.78, 5) is 26.9. The molecule has 5 rings (SSSR count). The maximum absolute atomic E-state index is 13.6. The molecule has 2 heteroatoms. The first kappa shape index (κ1) is 19.4. The quantitative estimate of drug-likeness (QED) is 0.330. The highest BCUT2D eigenvalue weighted by molar-refractivity contribution is 6.17. The van der Waals surface area contributed by atoms with Gasteiger partial charge in [0.15, 0.2) is 11.6 Å². The summed E-state index contributed by atoms with van der Waals surface area (Å²) in [6, 6.07) is 27.7. The van der Waals surface area contributed by atoms with Crippen LogP contribution in [0.5, 0.6) is 0 Å². The van der Waals surface area contributed by atoms with Crippen LogP contribution in [-0.4, -0.2) is 11.6 Å². The zero-order valence-electron chi connectivity index (χ0n) is 17.4. The van der Waals surface area contributed by atoms with E-state index in [9.17, 15) is 9.59 Å². The van der Waals surface area contributed by atoms with Crippen LogP contribution < -0.4 is 0 Å². The lowest BCUT2D eigenvalue weighted by Gasteiger charge is -2.23. The first-order valence-corrected chi connectivity index (χ1v) is 11.0. The van der Waals surface area contributed by atoms with Crippen LogP contribution in [0.15, 0.2) is 96.6 Å². The van der Waals surface area contributed by atoms with E-state index in [4.69, 9.17) is 0 Å². The topological polar surface area (TPSA) is 34.1 Å². The number of allylic oxidation sites excluding steroid dienone is 2. The normalized spacial score (nSPS) is 16.3. The first-order valence-electron chi connectivity index (χ1n) is 11.0. The molecule has 1 atom stereocenters. The van der Waals surface area contributed by atoms with Gasteiger partial charge in [-0.05, 0) is 52.3 Å². The van der Waals surface area contributed by atoms with Crippen molar-refractivity contribution < 1.29 is 9.59 Å². The van der Waals surface area contributed by atoms with E-state index in [1.54, 1.807) is 0 Å². The van der Waals surface area contributed by atoms with Crippen molar-refractivity contribution in [1.29, 1.82) is 0 Å². The predicted molar refractivity (Wildman–Crippen MR) is 127 cm³/mol. The Hall–Kier alpha value is -3.52. The molecule has 0 N–H and O–H groups in total. The number of hydrogen-bond acceptors (Lipinski definition) is 2. The Morgan fingerprint density at radius 3 is 2.00 bits per heavy atom. The van der Waals surface area contributed by atoms with Gasteiger partial charge in [-0.3, -0.25) is 9.59 Å². The second-order valence-corrected chi connectivity index (χ2v) is 8.30. The number of fused-ring (bicyclic) bond motifs is 2. The first-order chi connectivity index (χ1) is 15.2. The molecular formula is C29H24O2. The third-order valence-electron chi connectivity index (χ3n) is 6.38. The van der Waals surface area contributed by atoms with Gasteiger partial charge >= 0.3 is 0 Å². The zero-order valence-corrected chi connectivity index (χ0v) is 17.4. The highest BCUT2D eigenvalue weighted by atomic mass is 16.1. The third kappa shape index (κ3) is 3.70. The molecular weight excluding hydrogens is 380 g/mol. The Bertz CT molecular complexity index is 1320. The van der Waals surface area contributed by atoms with E-state index < -0.39 is 0 Å². The van der Waals surface area contributed by atoms with Crippen molar-refractivity contribution >= 4 is 33.1 Å². The number of ketones is 2. The minimum atomic E-state index is -0.0355. The maximum Gasteiger partial charge on any atom is 0.189 e. The van der Waals surface area contributed by atoms with Gasteiger partial charge < -0.3 is 0 Å². The van der Waals surface area contributed by atoms with Crippen LogP contribution in [0.3, 0.4) is 0 Å². The second kappa shape index (κ2) is 8.31. The minimum absolute atomic E-state index is 0.0355. The Morgan fingerprint density at radius 1 is 0.710 bits per heavy atom. The average Bonchev–Trinajstić information content (AvgIpc) is 2.83. The molecule has 2 nitrogen and oxygen atoms in total. The number of rotatable bonds is 5. The molecule has 1 aliphatic rings. The Balaban J connectivity index is 1.46. The van der Waals surface area contributed by atoms with Crippen molar-refractivity contribution in [2.75, 3.05) is 0 Å². The second-order valence-electron chi connectivity index (χ2n) is 8.30. The van der Waals surface area contributed by atoms with Gasteiger partial charge in [0.2, 0.25) is 0 Å². The standard InChI is InChI=1S/C29H24O2/c30-28(26-17-7-12-20-9-1-4-14-23(20)26)19-22-11-3-6-16-25(22)29(31)27-18-8-13-21-10-2-5-15-24(21)27/h1-2,4-5,7-10,12-18,22H,3,6,11,19H2/t22-/m1/s1. The van der Waals surface area contributed by atoms with Gasteiger partial charge in [0.05, 0.1) is 0 Å². The molecule has 1 aliphatic carbocycles. The van der Waals surface area contributed by atoms with Gasteiger partial charge in [-0.15, -0.1) is 0 Å². The highest BCUT2D eigenvalue weighted by Crippen LogP contribution is 2.33. The fourth-order valence-corrected chi connectivity index (χ4v) is 4.82. The van der Waals surface area contributed by atoms with Gasteiger partial charge in [0.1, 0.15) is 0 Å². The number of hydrogen-bond donors (Lipinski definition) is 0. The summed E-state index contributed by atoms with van der Waals surface area (Å²) in [5.74, 6) is 0.138. The van der Waals surface area contributed by atoms with Crippen molar-refractivity contribution in [3.05, 3.63) is 108 Å². The molecule has 152 valence electrons. The van der Waals surface area contributed by atoms with Gasteiger partial charge in [-0.2, -0.15) is 0 Å². The summed E-state index contributed by atoms with van der Waals surface area (Å²) in [5, 5.41) is 4.09. The van der Waals surface area contributed by atoms with Crippen LogP contribution in [0.4, 0.5) is 0 Å². The van der Waals surface area contributed by atoms with E-state index in [1.807, 2.05) is 84.9 Å². The Morgan fingerprint density at radius 2 is 1.29 bits per heavy atom. The molecule has 0 spiro atoms. The van der Waals surface area contributed by atoms with Crippen molar-refractivity contribution in [1.82, 2.24) is 0 Å². The maximum atomic E-state index is 13.6. The van der Waals surface area contributed by atoms with Crippen molar-refractivity contribution in [2.45, 2.75) is 25.7 Å². The lowest BCUT2D eigenvalue weighted by Crippen LogP contribution is -2.20. The smallest absolute Gasteiger partial charge is 0.189 e. The molecule has 31 heavy (non-hydrogen) atoms. The molecule has 0 aliphatic heterocycles. The van der Waals surface area contributed by atoms with E-state index in [2.05, 4.69) is 6.08 Å². The zero-order chi connectivity index (χ0) is 21.2. The summed E-state index contributed by atoms with van der Waals surface area (Å²) >= 11 is 0. The molecule has 0 fully saturated rings. The summed E-state index contributed by atoms with van der Waals surface area (Å²) in [6.45, 7) is 0. The fraction of sp³-hybridized carbons (Fsp3) is 0.172. The fourth-order valence-electron chi connectivity index (χ4n) is 4.82. The number of carbonyl (C=O) groups is 2. The van der Waals surface area contributed by atoms with Crippen LogP contribution in [-0.2, 0) is 0 Å². The summed E-state index contributed by atoms with van der Waals surface area (Å²) in [7, 11) is 0. The molecule has 0 bridgehead atoms. The van der Waals surface area contributed by atoms with E-state index in [1.165, 1.54) is 0 Å². The number of Topliss-reactive ketones (excluding diaryl/α,β-unsaturated/α-hetero) is 2. The number of carbonyl (C=O) groups excluding carboxylic acids is 2. The van der Waals surface area contributed by atoms with Crippen LogP contribution in [0.2, 0.25) is 0 Å². The van der Waals surface area contributed by atoms with Crippen LogP contribution >= 0.6 is 0 Å². The number of benzene rings is 4. The van der Waals surface area contributed by atoms with E-state index >= 15 is 0 Å². The van der Waals surface area contributed by atoms with Gasteiger partial charge in [0, 0.05) is 17.5 Å². The molecule has 0 heterocycles. The highest BCUT2D eigenvalue weighted by Gasteiger charge is 2.28. The van der Waals surface area contributed by atoms with Crippen LogP contribution in [0.1, 0.15) is 46.4 Å². The minimum Gasteiger partial charge on any atom is -0.294 e. The van der Waals surface area contributed by atoms with Gasteiger partial charge in [0.25, 0.3) is 0 Å². The van der Waals surface area contributed by atoms with Gasteiger partial charge in [-0.25, -0.2) is 0 Å². The van der Waals surface area contributed by atoms with Crippen LogP contribution in [0.25, 0.3) is 21.5 Å². The molecule has 0 radical (unpaired) electrons. The third-order valence-corrected chi connectivity index (χ3v) is 6.38. The average molecular weight is 405 g/mol. The van der Waals surface area contributed by atoms with E-state index in [-0.39, 0.29) is 17.5 Å². The summed E-state index contributed by atoms with van der Waals surface area (Å²) in [6.07, 6.45) is 5.22. The largest absolute Gasteiger partial charge is 0.294 e. The lowest BCUT2D eigenvalue weighted by molar-refractivity contribution is 0.0955. The molecule has 0 aromatic heterocycles. The molecule has 4 aromatic carbocycles. The Kier molecular flexibility index (Phi) is 5.21. The van der Waals surface area contributed by atoms with E-state index in [0.29, 0.717) is 6.42 Å². The van der Waals surface area contributed by atoms with Crippen LogP contribution in [0, 0.1) is 5.92 Å². The Labute approximate surface area is 182 Å². The molecule has 0 saturated carbocycles. The van der Waals surface area contributed by atoms with Crippen molar-refractivity contribution in [3.63, 3.8) is 0 Å². The predicted octanol–water partition coefficient (Wildman–Crippen LogP) is 7.18. The van der Waals surface area contributed by atoms with E-state index in [0.717, 1.165) is 57.5 Å². The van der Waals surface area contributed by atoms with Crippen molar-refractivity contribution in [3.8, 4) is 0 Å². The summed E-state index contributed by atoms with van der Waals surface area (Å²) < 4.78 is 0.